The second kappa shape index (κ2) is 8.04. The molecule has 9 heteroatoms. The zero-order valence-corrected chi connectivity index (χ0v) is 13.2. The first kappa shape index (κ1) is 18.3. The lowest BCUT2D eigenvalue weighted by atomic mass is 10.1. The maximum Gasteiger partial charge on any atom is 0.317 e. The van der Waals surface area contributed by atoms with Crippen molar-refractivity contribution in [3.8, 4) is 0 Å². The van der Waals surface area contributed by atoms with E-state index in [-0.39, 0.29) is 12.3 Å². The van der Waals surface area contributed by atoms with Gasteiger partial charge in [0, 0.05) is 13.6 Å². The van der Waals surface area contributed by atoms with E-state index in [4.69, 9.17) is 0 Å². The molecule has 0 bridgehead atoms. The summed E-state index contributed by atoms with van der Waals surface area (Å²) >= 11 is 0. The van der Waals surface area contributed by atoms with Gasteiger partial charge in [-0.05, 0) is 18.2 Å². The van der Waals surface area contributed by atoms with Crippen LogP contribution >= 0.6 is 0 Å². The highest BCUT2D eigenvalue weighted by atomic mass is 32.2. The maximum absolute atomic E-state index is 12.2. The molecular weight excluding hydrogens is 316 g/mol. The average molecular weight is 335 g/mol. The molecule has 22 heavy (non-hydrogen) atoms. The van der Waals surface area contributed by atoms with Gasteiger partial charge in [-0.25, -0.2) is 26.7 Å². The molecule has 0 atom stereocenters. The zero-order valence-electron chi connectivity index (χ0n) is 12.3. The Morgan fingerprint density at radius 3 is 2.55 bits per heavy atom. The number of nitrogens with one attached hydrogen (secondary N) is 2. The summed E-state index contributed by atoms with van der Waals surface area (Å²) in [7, 11) is -0.770. The number of alkyl halides is 2. The SMILES string of the molecule is CNS(=O)(=O)Cc1cccc(CNC(=O)N(C)CC(F)F)c1. The molecule has 6 nitrogen and oxygen atoms in total. The summed E-state index contributed by atoms with van der Waals surface area (Å²) in [4.78, 5) is 12.5. The van der Waals surface area contributed by atoms with Gasteiger partial charge in [0.1, 0.15) is 0 Å². The van der Waals surface area contributed by atoms with Crippen LogP contribution in [0.5, 0.6) is 0 Å². The van der Waals surface area contributed by atoms with Gasteiger partial charge in [-0.2, -0.15) is 0 Å². The highest BCUT2D eigenvalue weighted by molar-refractivity contribution is 7.88. The van der Waals surface area contributed by atoms with Gasteiger partial charge >= 0.3 is 6.03 Å². The van der Waals surface area contributed by atoms with E-state index in [0.29, 0.717) is 11.1 Å². The molecule has 2 amide bonds. The Balaban J connectivity index is 2.62. The first-order chi connectivity index (χ1) is 10.2. The third-order valence-electron chi connectivity index (χ3n) is 2.86. The minimum atomic E-state index is -3.38. The van der Waals surface area contributed by atoms with E-state index in [1.165, 1.54) is 14.1 Å². The fourth-order valence-corrected chi connectivity index (χ4v) is 2.49. The maximum atomic E-state index is 12.2. The Kier molecular flexibility index (Phi) is 6.69. The van der Waals surface area contributed by atoms with Gasteiger partial charge in [0.25, 0.3) is 6.43 Å². The largest absolute Gasteiger partial charge is 0.334 e. The average Bonchev–Trinajstić information content (AvgIpc) is 2.44. The highest BCUT2D eigenvalue weighted by Gasteiger charge is 2.13. The number of urea groups is 1. The Labute approximate surface area is 128 Å². The van der Waals surface area contributed by atoms with Crippen molar-refractivity contribution >= 4 is 16.1 Å². The second-order valence-corrected chi connectivity index (χ2v) is 6.64. The summed E-state index contributed by atoms with van der Waals surface area (Å²) in [5, 5.41) is 2.50. The number of halogens is 2. The molecule has 0 aromatic heterocycles. The van der Waals surface area contributed by atoms with Crippen molar-refractivity contribution in [3.63, 3.8) is 0 Å². The Bertz CT molecular complexity index is 608. The lowest BCUT2D eigenvalue weighted by Crippen LogP contribution is -2.39. The molecule has 124 valence electrons. The van der Waals surface area contributed by atoms with E-state index in [1.807, 2.05) is 0 Å². The second-order valence-electron chi connectivity index (χ2n) is 4.71. The summed E-state index contributed by atoms with van der Waals surface area (Å²) < 4.78 is 49.5. The lowest BCUT2D eigenvalue weighted by molar-refractivity contribution is 0.108. The summed E-state index contributed by atoms with van der Waals surface area (Å²) in [6.45, 7) is -0.522. The third kappa shape index (κ3) is 6.35. The number of hydrogen-bond acceptors (Lipinski definition) is 3. The van der Waals surface area contributed by atoms with E-state index in [0.717, 1.165) is 4.90 Å². The highest BCUT2D eigenvalue weighted by Crippen LogP contribution is 2.08. The van der Waals surface area contributed by atoms with E-state index >= 15 is 0 Å². The van der Waals surface area contributed by atoms with Crippen molar-refractivity contribution in [3.05, 3.63) is 35.4 Å². The number of carbonyl (C=O) groups excluding carboxylic acids is 1. The van der Waals surface area contributed by atoms with Crippen LogP contribution in [0.25, 0.3) is 0 Å². The Morgan fingerprint density at radius 1 is 1.32 bits per heavy atom. The van der Waals surface area contributed by atoms with Crippen LogP contribution in [-0.4, -0.2) is 46.4 Å². The predicted molar refractivity (Wildman–Crippen MR) is 79.0 cm³/mol. The number of nitrogens with zero attached hydrogens (tertiary/aromatic N) is 1. The van der Waals surface area contributed by atoms with E-state index < -0.39 is 29.0 Å². The number of rotatable bonds is 7. The summed E-state index contributed by atoms with van der Waals surface area (Å²) in [6, 6.07) is 6.06. The smallest absolute Gasteiger partial charge is 0.317 e. The summed E-state index contributed by atoms with van der Waals surface area (Å²) in [5.74, 6) is -0.170. The van der Waals surface area contributed by atoms with Crippen LogP contribution in [0.2, 0.25) is 0 Å². The fraction of sp³-hybridized carbons (Fsp3) is 0.462. The molecule has 0 fully saturated rings. The van der Waals surface area contributed by atoms with Crippen molar-refractivity contribution in [1.82, 2.24) is 14.9 Å². The van der Waals surface area contributed by atoms with Crippen molar-refractivity contribution in [2.45, 2.75) is 18.7 Å². The van der Waals surface area contributed by atoms with Crippen LogP contribution < -0.4 is 10.0 Å². The zero-order chi connectivity index (χ0) is 16.8. The molecule has 1 aromatic rings. The Morgan fingerprint density at radius 2 is 1.95 bits per heavy atom. The molecule has 0 heterocycles. The lowest BCUT2D eigenvalue weighted by Gasteiger charge is -2.17. The summed E-state index contributed by atoms with van der Waals surface area (Å²) in [6.07, 6.45) is -2.59. The van der Waals surface area contributed by atoms with Gasteiger partial charge < -0.3 is 10.2 Å². The van der Waals surface area contributed by atoms with Gasteiger partial charge in [0.15, 0.2) is 0 Å². The summed E-state index contributed by atoms with van der Waals surface area (Å²) in [5.41, 5.74) is 1.25. The van der Waals surface area contributed by atoms with Gasteiger partial charge in [-0.15, -0.1) is 0 Å². The first-order valence-corrected chi connectivity index (χ1v) is 8.15. The van der Waals surface area contributed by atoms with Gasteiger partial charge in [-0.3, -0.25) is 0 Å². The number of benzene rings is 1. The molecule has 0 aliphatic carbocycles. The standard InChI is InChI=1S/C13H19F2N3O3S/c1-16-22(20,21)9-11-5-3-4-10(6-11)7-17-13(19)18(2)8-12(14)15/h3-6,12,16H,7-9H2,1-2H3,(H,17,19). The molecule has 0 aliphatic rings. The number of amides is 2. The van der Waals surface area contributed by atoms with Crippen LogP contribution in [0, 0.1) is 0 Å². The molecule has 0 aliphatic heterocycles. The third-order valence-corrected chi connectivity index (χ3v) is 4.20. The van der Waals surface area contributed by atoms with Crippen LogP contribution in [0.3, 0.4) is 0 Å². The normalized spacial score (nSPS) is 11.5. The van der Waals surface area contributed by atoms with Crippen LogP contribution in [0.1, 0.15) is 11.1 Å². The first-order valence-electron chi connectivity index (χ1n) is 6.49. The van der Waals surface area contributed by atoms with Gasteiger partial charge in [0.2, 0.25) is 10.0 Å². The van der Waals surface area contributed by atoms with Crippen molar-refractivity contribution in [1.29, 1.82) is 0 Å². The molecular formula is C13H19F2N3O3S. The van der Waals surface area contributed by atoms with Crippen LogP contribution in [0.15, 0.2) is 24.3 Å². The topological polar surface area (TPSA) is 78.5 Å². The van der Waals surface area contributed by atoms with Gasteiger partial charge in [-0.1, -0.05) is 24.3 Å². The molecule has 0 unspecified atom stereocenters. The van der Waals surface area contributed by atoms with Crippen molar-refractivity contribution < 1.29 is 22.0 Å². The fourth-order valence-electron chi connectivity index (χ4n) is 1.72. The molecule has 0 radical (unpaired) electrons. The van der Waals surface area contributed by atoms with Crippen molar-refractivity contribution in [2.75, 3.05) is 20.6 Å². The number of hydrogen-bond donors (Lipinski definition) is 2. The molecule has 0 saturated carbocycles. The monoisotopic (exact) mass is 335 g/mol. The van der Waals surface area contributed by atoms with Crippen LogP contribution in [0.4, 0.5) is 13.6 Å². The number of carbonyl (C=O) groups is 1. The quantitative estimate of drug-likeness (QED) is 0.784. The minimum Gasteiger partial charge on any atom is -0.334 e. The van der Waals surface area contributed by atoms with Gasteiger partial charge in [0.05, 0.1) is 12.3 Å². The Hall–Kier alpha value is -1.74. The molecule has 2 N–H and O–H groups in total. The minimum absolute atomic E-state index is 0.125. The number of sulfonamides is 1. The molecule has 1 rings (SSSR count). The van der Waals surface area contributed by atoms with Crippen LogP contribution in [-0.2, 0) is 22.3 Å². The molecule has 0 saturated heterocycles. The van der Waals surface area contributed by atoms with E-state index in [9.17, 15) is 22.0 Å². The molecule has 0 spiro atoms. The van der Waals surface area contributed by atoms with E-state index in [2.05, 4.69) is 10.0 Å². The van der Waals surface area contributed by atoms with Crippen molar-refractivity contribution in [2.24, 2.45) is 0 Å². The van der Waals surface area contributed by atoms with E-state index in [1.54, 1.807) is 24.3 Å². The predicted octanol–water partition coefficient (Wildman–Crippen LogP) is 1.14. The molecule has 1 aromatic carbocycles.